The van der Waals surface area contributed by atoms with Crippen molar-refractivity contribution in [3.8, 4) is 0 Å². The molecular formula is C15H31IN4O3. The van der Waals surface area contributed by atoms with Gasteiger partial charge in [-0.3, -0.25) is 4.79 Å². The third kappa shape index (κ3) is 8.71. The molecule has 1 fully saturated rings. The van der Waals surface area contributed by atoms with Crippen molar-refractivity contribution in [2.45, 2.75) is 13.3 Å². The number of hydrogen-bond acceptors (Lipinski definition) is 4. The van der Waals surface area contributed by atoms with Gasteiger partial charge in [-0.1, -0.05) is 0 Å². The summed E-state index contributed by atoms with van der Waals surface area (Å²) in [5, 5.41) is 3.27. The first kappa shape index (κ1) is 22.4. The molecule has 7 nitrogen and oxygen atoms in total. The van der Waals surface area contributed by atoms with E-state index in [4.69, 9.17) is 9.47 Å². The second kappa shape index (κ2) is 12.8. The van der Waals surface area contributed by atoms with Gasteiger partial charge in [0.15, 0.2) is 5.96 Å². The highest BCUT2D eigenvalue weighted by atomic mass is 127. The molecule has 8 heteroatoms. The molecule has 0 spiro atoms. The highest BCUT2D eigenvalue weighted by molar-refractivity contribution is 14.0. The molecule has 0 aliphatic carbocycles. The minimum absolute atomic E-state index is 0. The maximum Gasteiger partial charge on any atom is 0.243 e. The van der Waals surface area contributed by atoms with E-state index in [0.717, 1.165) is 38.7 Å². The molecule has 136 valence electrons. The van der Waals surface area contributed by atoms with Gasteiger partial charge in [-0.15, -0.1) is 24.0 Å². The second-order valence-corrected chi connectivity index (χ2v) is 5.61. The number of aliphatic imine (C=N–C) groups is 1. The Labute approximate surface area is 156 Å². The Morgan fingerprint density at radius 1 is 1.43 bits per heavy atom. The van der Waals surface area contributed by atoms with E-state index < -0.39 is 0 Å². The first-order valence-corrected chi connectivity index (χ1v) is 7.88. The molecule has 1 rings (SSSR count). The quantitative estimate of drug-likeness (QED) is 0.259. The SMILES string of the molecule is CCOCC1CCN(C(=NCC(=O)N(C)C)NCCOC)C1.I. The molecule has 1 aliphatic rings. The number of guanidine groups is 1. The van der Waals surface area contributed by atoms with E-state index in [0.29, 0.717) is 19.1 Å². The average Bonchev–Trinajstić information content (AvgIpc) is 2.96. The lowest BCUT2D eigenvalue weighted by Crippen LogP contribution is -2.42. The third-order valence-corrected chi connectivity index (χ3v) is 3.60. The molecular weight excluding hydrogens is 411 g/mol. The Bertz CT molecular complexity index is 367. The summed E-state index contributed by atoms with van der Waals surface area (Å²) < 4.78 is 10.6. The van der Waals surface area contributed by atoms with Crippen LogP contribution in [0, 0.1) is 5.92 Å². The first-order valence-electron chi connectivity index (χ1n) is 7.88. The van der Waals surface area contributed by atoms with Crippen LogP contribution in [0.1, 0.15) is 13.3 Å². The maximum atomic E-state index is 11.7. The van der Waals surface area contributed by atoms with Crippen molar-refractivity contribution < 1.29 is 14.3 Å². The smallest absolute Gasteiger partial charge is 0.243 e. The number of carbonyl (C=O) groups is 1. The van der Waals surface area contributed by atoms with Crippen LogP contribution in [0.4, 0.5) is 0 Å². The van der Waals surface area contributed by atoms with E-state index in [1.165, 1.54) is 0 Å². The molecule has 0 aromatic rings. The number of methoxy groups -OCH3 is 1. The highest BCUT2D eigenvalue weighted by Gasteiger charge is 2.25. The zero-order valence-electron chi connectivity index (χ0n) is 14.7. The van der Waals surface area contributed by atoms with Crippen LogP contribution in [0.2, 0.25) is 0 Å². The summed E-state index contributed by atoms with van der Waals surface area (Å²) in [5.41, 5.74) is 0. The zero-order valence-corrected chi connectivity index (χ0v) is 17.0. The summed E-state index contributed by atoms with van der Waals surface area (Å²) >= 11 is 0. The van der Waals surface area contributed by atoms with Crippen molar-refractivity contribution >= 4 is 35.8 Å². The fourth-order valence-corrected chi connectivity index (χ4v) is 2.26. The standard InChI is InChI=1S/C15H30N4O3.HI/c1-5-22-12-13-6-8-19(11-13)15(16-7-9-21-4)17-10-14(20)18(2)3;/h13H,5-12H2,1-4H3,(H,16,17);1H. The fraction of sp³-hybridized carbons (Fsp3) is 0.867. The topological polar surface area (TPSA) is 66.4 Å². The molecule has 1 atom stereocenters. The Balaban J connectivity index is 0.00000484. The molecule has 23 heavy (non-hydrogen) atoms. The monoisotopic (exact) mass is 442 g/mol. The predicted molar refractivity (Wildman–Crippen MR) is 102 cm³/mol. The van der Waals surface area contributed by atoms with Gasteiger partial charge >= 0.3 is 0 Å². The highest BCUT2D eigenvalue weighted by Crippen LogP contribution is 2.16. The predicted octanol–water partition coefficient (Wildman–Crippen LogP) is 0.643. The van der Waals surface area contributed by atoms with Gasteiger partial charge in [0, 0.05) is 53.4 Å². The van der Waals surface area contributed by atoms with E-state index in [1.807, 2.05) is 6.92 Å². The summed E-state index contributed by atoms with van der Waals surface area (Å²) in [4.78, 5) is 19.9. The molecule has 0 saturated carbocycles. The lowest BCUT2D eigenvalue weighted by Gasteiger charge is -2.22. The number of nitrogens with one attached hydrogen (secondary N) is 1. The molecule has 0 radical (unpaired) electrons. The molecule has 1 aliphatic heterocycles. The van der Waals surface area contributed by atoms with Gasteiger partial charge in [-0.25, -0.2) is 4.99 Å². The van der Waals surface area contributed by atoms with Gasteiger partial charge in [0.05, 0.1) is 13.2 Å². The van der Waals surface area contributed by atoms with E-state index in [1.54, 1.807) is 26.1 Å². The van der Waals surface area contributed by atoms with Crippen LogP contribution >= 0.6 is 24.0 Å². The normalized spacial score (nSPS) is 17.8. The van der Waals surface area contributed by atoms with Crippen molar-refractivity contribution in [1.29, 1.82) is 0 Å². The Kier molecular flexibility index (Phi) is 12.4. The lowest BCUT2D eigenvalue weighted by molar-refractivity contribution is -0.127. The number of hydrogen-bond donors (Lipinski definition) is 1. The van der Waals surface area contributed by atoms with E-state index in [-0.39, 0.29) is 36.4 Å². The van der Waals surface area contributed by atoms with E-state index in [9.17, 15) is 4.79 Å². The van der Waals surface area contributed by atoms with Crippen LogP contribution < -0.4 is 5.32 Å². The average molecular weight is 442 g/mol. The molecule has 1 amide bonds. The molecule has 1 heterocycles. The van der Waals surface area contributed by atoms with Gasteiger partial charge in [0.2, 0.25) is 5.91 Å². The number of likely N-dealkylation sites (tertiary alicyclic amines) is 1. The number of nitrogens with zero attached hydrogens (tertiary/aromatic N) is 3. The van der Waals surface area contributed by atoms with Gasteiger partial charge in [-0.2, -0.15) is 0 Å². The number of rotatable bonds is 8. The van der Waals surface area contributed by atoms with Gasteiger partial charge in [0.1, 0.15) is 6.54 Å². The van der Waals surface area contributed by atoms with Crippen LogP contribution in [0.25, 0.3) is 0 Å². The number of halogens is 1. The number of amides is 1. The first-order chi connectivity index (χ1) is 10.6. The van der Waals surface area contributed by atoms with Gasteiger partial charge in [0.25, 0.3) is 0 Å². The summed E-state index contributed by atoms with van der Waals surface area (Å²) in [5.74, 6) is 1.31. The van der Waals surface area contributed by atoms with Crippen LogP contribution in [0.15, 0.2) is 4.99 Å². The zero-order chi connectivity index (χ0) is 16.4. The Hall–Kier alpha value is -0.610. The lowest BCUT2D eigenvalue weighted by atomic mass is 10.1. The van der Waals surface area contributed by atoms with Crippen molar-refractivity contribution in [2.75, 3.05) is 67.2 Å². The molecule has 1 saturated heterocycles. The van der Waals surface area contributed by atoms with E-state index >= 15 is 0 Å². The summed E-state index contributed by atoms with van der Waals surface area (Å²) in [6.45, 7) is 6.85. The number of carbonyl (C=O) groups excluding carboxylic acids is 1. The largest absolute Gasteiger partial charge is 0.383 e. The minimum Gasteiger partial charge on any atom is -0.383 e. The van der Waals surface area contributed by atoms with Crippen LogP contribution in [0.5, 0.6) is 0 Å². The minimum atomic E-state index is -0.00361. The molecule has 0 aromatic carbocycles. The van der Waals surface area contributed by atoms with Gasteiger partial charge < -0.3 is 24.6 Å². The summed E-state index contributed by atoms with van der Waals surface area (Å²) in [6, 6.07) is 0. The summed E-state index contributed by atoms with van der Waals surface area (Å²) in [7, 11) is 5.15. The number of likely N-dealkylation sites (N-methyl/N-ethyl adjacent to an activating group) is 1. The Morgan fingerprint density at radius 3 is 2.78 bits per heavy atom. The molecule has 1 unspecified atom stereocenters. The van der Waals surface area contributed by atoms with Crippen molar-refractivity contribution in [3.05, 3.63) is 0 Å². The summed E-state index contributed by atoms with van der Waals surface area (Å²) in [6.07, 6.45) is 1.09. The number of ether oxygens (including phenoxy) is 2. The fourth-order valence-electron chi connectivity index (χ4n) is 2.26. The Morgan fingerprint density at radius 2 is 2.17 bits per heavy atom. The maximum absolute atomic E-state index is 11.7. The van der Waals surface area contributed by atoms with Crippen molar-refractivity contribution in [3.63, 3.8) is 0 Å². The van der Waals surface area contributed by atoms with E-state index in [2.05, 4.69) is 15.2 Å². The third-order valence-electron chi connectivity index (χ3n) is 3.60. The van der Waals surface area contributed by atoms with Crippen molar-refractivity contribution in [1.82, 2.24) is 15.1 Å². The molecule has 0 bridgehead atoms. The molecule has 1 N–H and O–H groups in total. The van der Waals surface area contributed by atoms with Crippen molar-refractivity contribution in [2.24, 2.45) is 10.9 Å². The molecule has 0 aromatic heterocycles. The second-order valence-electron chi connectivity index (χ2n) is 5.61. The van der Waals surface area contributed by atoms with Gasteiger partial charge in [-0.05, 0) is 13.3 Å². The van der Waals surface area contributed by atoms with Crippen LogP contribution in [0.3, 0.4) is 0 Å². The van der Waals surface area contributed by atoms with Crippen LogP contribution in [-0.4, -0.2) is 88.9 Å². The van der Waals surface area contributed by atoms with Crippen LogP contribution in [-0.2, 0) is 14.3 Å².